The molecule has 1 fully saturated rings. The van der Waals surface area contributed by atoms with Gasteiger partial charge in [0.15, 0.2) is 11.6 Å². The number of hydrogen-bond acceptors (Lipinski definition) is 6. The van der Waals surface area contributed by atoms with Crippen molar-refractivity contribution < 1.29 is 9.13 Å². The smallest absolute Gasteiger partial charge is 0.245 e. The Balaban J connectivity index is 1.45. The Bertz CT molecular complexity index is 804. The molecule has 2 aromatic rings. The topological polar surface area (TPSA) is 62.6 Å². The lowest BCUT2D eigenvalue weighted by Gasteiger charge is -2.16. The molecule has 4 rings (SSSR count). The number of hydrazone groups is 1. The van der Waals surface area contributed by atoms with Crippen LogP contribution in [0.3, 0.4) is 0 Å². The number of aromatic nitrogens is 2. The Morgan fingerprint density at radius 2 is 2.20 bits per heavy atom. The highest BCUT2D eigenvalue weighted by molar-refractivity contribution is 5.81. The summed E-state index contributed by atoms with van der Waals surface area (Å²) in [7, 11) is 0. The number of fused-ring (bicyclic) bond motifs is 1. The SMILES string of the molecule is CC1Cc2cc(C=NNc3ncc(F)c(N4CCCC4)n3)ccc2O1. The first-order chi connectivity index (χ1) is 12.2. The van der Waals surface area contributed by atoms with Crippen molar-refractivity contribution in [2.24, 2.45) is 5.10 Å². The second-order valence-corrected chi connectivity index (χ2v) is 6.43. The van der Waals surface area contributed by atoms with E-state index in [2.05, 4.69) is 33.5 Å². The summed E-state index contributed by atoms with van der Waals surface area (Å²) in [5.74, 6) is 1.17. The maximum atomic E-state index is 13.9. The quantitative estimate of drug-likeness (QED) is 0.684. The number of nitrogens with zero attached hydrogens (tertiary/aromatic N) is 4. The van der Waals surface area contributed by atoms with Gasteiger partial charge >= 0.3 is 0 Å². The number of benzene rings is 1. The molecular formula is C18H20FN5O. The van der Waals surface area contributed by atoms with E-state index in [9.17, 15) is 4.39 Å². The van der Waals surface area contributed by atoms with Crippen molar-refractivity contribution in [1.82, 2.24) is 9.97 Å². The molecule has 2 aliphatic heterocycles. The molecule has 6 nitrogen and oxygen atoms in total. The molecule has 0 spiro atoms. The second-order valence-electron chi connectivity index (χ2n) is 6.43. The third kappa shape index (κ3) is 3.40. The number of ether oxygens (including phenoxy) is 1. The minimum atomic E-state index is -0.399. The molecule has 1 N–H and O–H groups in total. The molecule has 0 saturated carbocycles. The Morgan fingerprint density at radius 3 is 3.04 bits per heavy atom. The summed E-state index contributed by atoms with van der Waals surface area (Å²) in [6, 6.07) is 5.97. The third-order valence-electron chi connectivity index (χ3n) is 4.43. The Hall–Kier alpha value is -2.70. The van der Waals surface area contributed by atoms with Gasteiger partial charge in [0, 0.05) is 19.5 Å². The predicted octanol–water partition coefficient (Wildman–Crippen LogP) is 2.99. The van der Waals surface area contributed by atoms with Crippen molar-refractivity contribution in [3.63, 3.8) is 0 Å². The first-order valence-electron chi connectivity index (χ1n) is 8.55. The Morgan fingerprint density at radius 1 is 1.36 bits per heavy atom. The summed E-state index contributed by atoms with van der Waals surface area (Å²) in [6.45, 7) is 3.71. The lowest BCUT2D eigenvalue weighted by Crippen LogP contribution is -2.21. The van der Waals surface area contributed by atoms with Gasteiger partial charge in [-0.15, -0.1) is 0 Å². The van der Waals surface area contributed by atoms with Crippen LogP contribution in [0.15, 0.2) is 29.5 Å². The number of anilines is 2. The largest absolute Gasteiger partial charge is 0.490 e. The van der Waals surface area contributed by atoms with Crippen LogP contribution in [-0.2, 0) is 6.42 Å². The van der Waals surface area contributed by atoms with Crippen molar-refractivity contribution in [3.8, 4) is 5.75 Å². The molecule has 0 amide bonds. The highest BCUT2D eigenvalue weighted by Crippen LogP contribution is 2.29. The fourth-order valence-corrected chi connectivity index (χ4v) is 3.25. The lowest BCUT2D eigenvalue weighted by molar-refractivity contribution is 0.254. The van der Waals surface area contributed by atoms with Gasteiger partial charge in [0.25, 0.3) is 0 Å². The van der Waals surface area contributed by atoms with Crippen LogP contribution in [-0.4, -0.2) is 35.4 Å². The standard InChI is InChI=1S/C18H20FN5O/c1-12-8-14-9-13(4-5-16(14)25-12)10-21-23-18-20-11-15(19)17(22-18)24-6-2-3-7-24/h4-5,9-12H,2-3,6-8H2,1H3,(H,20,22,23). The molecule has 25 heavy (non-hydrogen) atoms. The Kier molecular flexibility index (Phi) is 4.21. The van der Waals surface area contributed by atoms with Gasteiger partial charge in [-0.3, -0.25) is 0 Å². The van der Waals surface area contributed by atoms with Crippen LogP contribution in [0.5, 0.6) is 5.75 Å². The molecule has 1 atom stereocenters. The van der Waals surface area contributed by atoms with Crippen molar-refractivity contribution >= 4 is 18.0 Å². The molecule has 7 heteroatoms. The second kappa shape index (κ2) is 6.66. The zero-order valence-electron chi connectivity index (χ0n) is 14.1. The summed E-state index contributed by atoms with van der Waals surface area (Å²) in [5.41, 5.74) is 4.93. The van der Waals surface area contributed by atoms with Gasteiger partial charge in [0.2, 0.25) is 5.95 Å². The van der Waals surface area contributed by atoms with Crippen LogP contribution in [0.25, 0.3) is 0 Å². The van der Waals surface area contributed by atoms with E-state index in [1.54, 1.807) is 6.21 Å². The van der Waals surface area contributed by atoms with Crippen LogP contribution >= 0.6 is 0 Å². The minimum absolute atomic E-state index is 0.219. The maximum Gasteiger partial charge on any atom is 0.245 e. The van der Waals surface area contributed by atoms with Crippen molar-refractivity contribution in [3.05, 3.63) is 41.3 Å². The summed E-state index contributed by atoms with van der Waals surface area (Å²) in [6.07, 6.45) is 6.13. The van der Waals surface area contributed by atoms with Gasteiger partial charge in [0.1, 0.15) is 11.9 Å². The number of hydrogen-bond donors (Lipinski definition) is 1. The van der Waals surface area contributed by atoms with Gasteiger partial charge in [0.05, 0.1) is 12.4 Å². The molecule has 0 bridgehead atoms. The first kappa shape index (κ1) is 15.8. The van der Waals surface area contributed by atoms with Gasteiger partial charge in [-0.05, 0) is 49.1 Å². The van der Waals surface area contributed by atoms with E-state index >= 15 is 0 Å². The van der Waals surface area contributed by atoms with E-state index in [1.165, 1.54) is 11.8 Å². The van der Waals surface area contributed by atoms with Crippen molar-refractivity contribution in [2.75, 3.05) is 23.4 Å². The van der Waals surface area contributed by atoms with E-state index < -0.39 is 5.82 Å². The first-order valence-corrected chi connectivity index (χ1v) is 8.55. The third-order valence-corrected chi connectivity index (χ3v) is 4.43. The van der Waals surface area contributed by atoms with E-state index in [1.807, 2.05) is 17.0 Å². The summed E-state index contributed by atoms with van der Waals surface area (Å²) in [4.78, 5) is 10.1. The molecule has 3 heterocycles. The van der Waals surface area contributed by atoms with Crippen LogP contribution in [0.4, 0.5) is 16.2 Å². The van der Waals surface area contributed by atoms with Crippen LogP contribution in [0, 0.1) is 5.82 Å². The fourth-order valence-electron chi connectivity index (χ4n) is 3.25. The summed E-state index contributed by atoms with van der Waals surface area (Å²) >= 11 is 0. The molecule has 130 valence electrons. The van der Waals surface area contributed by atoms with Crippen LogP contribution in [0.2, 0.25) is 0 Å². The average molecular weight is 341 g/mol. The Labute approximate surface area is 145 Å². The van der Waals surface area contributed by atoms with Gasteiger partial charge < -0.3 is 9.64 Å². The molecule has 1 aromatic heterocycles. The fraction of sp³-hybridized carbons (Fsp3) is 0.389. The molecule has 1 unspecified atom stereocenters. The minimum Gasteiger partial charge on any atom is -0.490 e. The highest BCUT2D eigenvalue weighted by Gasteiger charge is 2.19. The normalized spacial score (nSPS) is 19.3. The van der Waals surface area contributed by atoms with Crippen LogP contribution < -0.4 is 15.1 Å². The number of halogens is 1. The zero-order valence-corrected chi connectivity index (χ0v) is 14.1. The maximum absolute atomic E-state index is 13.9. The average Bonchev–Trinajstić information content (AvgIpc) is 3.24. The van der Waals surface area contributed by atoms with Gasteiger partial charge in [-0.25, -0.2) is 14.8 Å². The predicted molar refractivity (Wildman–Crippen MR) is 94.9 cm³/mol. The van der Waals surface area contributed by atoms with E-state index in [0.29, 0.717) is 5.82 Å². The summed E-state index contributed by atoms with van der Waals surface area (Å²) < 4.78 is 19.6. The lowest BCUT2D eigenvalue weighted by atomic mass is 10.1. The molecule has 0 radical (unpaired) electrons. The molecular weight excluding hydrogens is 321 g/mol. The van der Waals surface area contributed by atoms with Crippen molar-refractivity contribution in [2.45, 2.75) is 32.3 Å². The van der Waals surface area contributed by atoms with Crippen LogP contribution in [0.1, 0.15) is 30.9 Å². The molecule has 2 aliphatic rings. The van der Waals surface area contributed by atoms with E-state index in [4.69, 9.17) is 4.74 Å². The van der Waals surface area contributed by atoms with E-state index in [0.717, 1.165) is 43.7 Å². The van der Waals surface area contributed by atoms with Crippen molar-refractivity contribution in [1.29, 1.82) is 0 Å². The molecule has 1 saturated heterocycles. The monoisotopic (exact) mass is 341 g/mol. The molecule has 0 aliphatic carbocycles. The summed E-state index contributed by atoms with van der Waals surface area (Å²) in [5, 5.41) is 4.17. The number of rotatable bonds is 4. The van der Waals surface area contributed by atoms with E-state index in [-0.39, 0.29) is 12.1 Å². The highest BCUT2D eigenvalue weighted by atomic mass is 19.1. The van der Waals surface area contributed by atoms with Gasteiger partial charge in [-0.2, -0.15) is 10.1 Å². The number of nitrogens with one attached hydrogen (secondary N) is 1. The zero-order chi connectivity index (χ0) is 17.2. The molecule has 1 aromatic carbocycles. The van der Waals surface area contributed by atoms with Gasteiger partial charge in [-0.1, -0.05) is 0 Å².